The quantitative estimate of drug-likeness (QED) is 0.826. The van der Waals surface area contributed by atoms with E-state index in [2.05, 4.69) is 0 Å². The monoisotopic (exact) mass is 264 g/mol. The second-order valence-electron chi connectivity index (χ2n) is 4.23. The summed E-state index contributed by atoms with van der Waals surface area (Å²) in [6.45, 7) is 0. The van der Waals surface area contributed by atoms with Crippen LogP contribution in [0.5, 0.6) is 0 Å². The fourth-order valence-corrected chi connectivity index (χ4v) is 1.79. The van der Waals surface area contributed by atoms with E-state index < -0.39 is 17.5 Å². The molecule has 2 aromatic rings. The molecular formula is C15H11F3O. The van der Waals surface area contributed by atoms with Crippen molar-refractivity contribution >= 4 is 5.78 Å². The summed E-state index contributed by atoms with van der Waals surface area (Å²) < 4.78 is 39.0. The van der Waals surface area contributed by atoms with E-state index in [9.17, 15) is 18.0 Å². The molecule has 0 fully saturated rings. The van der Waals surface area contributed by atoms with Crippen molar-refractivity contribution < 1.29 is 18.0 Å². The standard InChI is InChI=1S/C15H11F3O/c16-13-4-2-1-3-11(13)9-12(19)7-10-5-6-14(17)15(18)8-10/h1-6,8H,7,9H2. The highest BCUT2D eigenvalue weighted by Gasteiger charge is 2.10. The van der Waals surface area contributed by atoms with Crippen LogP contribution in [0.1, 0.15) is 11.1 Å². The molecule has 0 amide bonds. The maximum atomic E-state index is 13.3. The third-order valence-corrected chi connectivity index (χ3v) is 2.73. The molecule has 0 aromatic heterocycles. The van der Waals surface area contributed by atoms with E-state index in [1.165, 1.54) is 18.2 Å². The number of benzene rings is 2. The first-order valence-electron chi connectivity index (χ1n) is 5.75. The molecule has 0 saturated heterocycles. The van der Waals surface area contributed by atoms with E-state index in [1.54, 1.807) is 12.1 Å². The van der Waals surface area contributed by atoms with Gasteiger partial charge >= 0.3 is 0 Å². The van der Waals surface area contributed by atoms with Gasteiger partial charge in [-0.25, -0.2) is 13.2 Å². The van der Waals surface area contributed by atoms with Gasteiger partial charge in [0.05, 0.1) is 0 Å². The third-order valence-electron chi connectivity index (χ3n) is 2.73. The van der Waals surface area contributed by atoms with Crippen LogP contribution in [0, 0.1) is 17.5 Å². The van der Waals surface area contributed by atoms with E-state index in [0.29, 0.717) is 11.1 Å². The first-order chi connectivity index (χ1) is 9.06. The highest BCUT2D eigenvalue weighted by molar-refractivity contribution is 5.83. The predicted octanol–water partition coefficient (Wildman–Crippen LogP) is 3.46. The lowest BCUT2D eigenvalue weighted by Crippen LogP contribution is -2.08. The van der Waals surface area contributed by atoms with Gasteiger partial charge in [0.15, 0.2) is 11.6 Å². The van der Waals surface area contributed by atoms with Crippen molar-refractivity contribution in [2.45, 2.75) is 12.8 Å². The van der Waals surface area contributed by atoms with Gasteiger partial charge in [-0.05, 0) is 29.3 Å². The summed E-state index contributed by atoms with van der Waals surface area (Å²) in [5.74, 6) is -2.64. The largest absolute Gasteiger partial charge is 0.299 e. The van der Waals surface area contributed by atoms with Crippen LogP contribution in [0.25, 0.3) is 0 Å². The molecule has 0 radical (unpaired) electrons. The van der Waals surface area contributed by atoms with Gasteiger partial charge in [0.2, 0.25) is 0 Å². The smallest absolute Gasteiger partial charge is 0.159 e. The second kappa shape index (κ2) is 5.69. The number of carbonyl (C=O) groups excluding carboxylic acids is 1. The van der Waals surface area contributed by atoms with Gasteiger partial charge in [-0.1, -0.05) is 24.3 Å². The van der Waals surface area contributed by atoms with Crippen LogP contribution in [0.3, 0.4) is 0 Å². The molecule has 0 aliphatic heterocycles. The number of hydrogen-bond acceptors (Lipinski definition) is 1. The van der Waals surface area contributed by atoms with Crippen molar-refractivity contribution in [1.29, 1.82) is 0 Å². The van der Waals surface area contributed by atoms with Crippen LogP contribution >= 0.6 is 0 Å². The van der Waals surface area contributed by atoms with Crippen molar-refractivity contribution in [3.8, 4) is 0 Å². The van der Waals surface area contributed by atoms with Gasteiger partial charge in [0.1, 0.15) is 11.6 Å². The highest BCUT2D eigenvalue weighted by atomic mass is 19.2. The molecule has 0 aliphatic carbocycles. The third kappa shape index (κ3) is 3.44. The van der Waals surface area contributed by atoms with Crippen LogP contribution < -0.4 is 0 Å². The number of halogens is 3. The molecular weight excluding hydrogens is 253 g/mol. The van der Waals surface area contributed by atoms with Crippen LogP contribution in [0.2, 0.25) is 0 Å². The molecule has 0 aliphatic rings. The summed E-state index contributed by atoms with van der Waals surface area (Å²) in [5.41, 5.74) is 0.676. The van der Waals surface area contributed by atoms with Crippen LogP contribution in [0.15, 0.2) is 42.5 Å². The van der Waals surface area contributed by atoms with Gasteiger partial charge < -0.3 is 0 Å². The highest BCUT2D eigenvalue weighted by Crippen LogP contribution is 2.12. The molecule has 2 aromatic carbocycles. The first kappa shape index (κ1) is 13.3. The summed E-state index contributed by atoms with van der Waals surface area (Å²) in [5, 5.41) is 0. The normalized spacial score (nSPS) is 10.5. The molecule has 0 atom stereocenters. The minimum Gasteiger partial charge on any atom is -0.299 e. The second-order valence-corrected chi connectivity index (χ2v) is 4.23. The van der Waals surface area contributed by atoms with Crippen molar-refractivity contribution in [1.82, 2.24) is 0 Å². The van der Waals surface area contributed by atoms with Gasteiger partial charge in [-0.3, -0.25) is 4.79 Å². The minimum atomic E-state index is -0.990. The van der Waals surface area contributed by atoms with E-state index in [-0.39, 0.29) is 18.6 Å². The van der Waals surface area contributed by atoms with E-state index in [0.717, 1.165) is 12.1 Å². The van der Waals surface area contributed by atoms with E-state index >= 15 is 0 Å². The average molecular weight is 264 g/mol. The van der Waals surface area contributed by atoms with Gasteiger partial charge in [-0.15, -0.1) is 0 Å². The first-order valence-corrected chi connectivity index (χ1v) is 5.75. The molecule has 19 heavy (non-hydrogen) atoms. The molecule has 0 unspecified atom stereocenters. The number of Topliss-reactive ketones (excluding diaryl/α,β-unsaturated/α-hetero) is 1. The van der Waals surface area contributed by atoms with Gasteiger partial charge in [-0.2, -0.15) is 0 Å². The van der Waals surface area contributed by atoms with Crippen molar-refractivity contribution in [3.63, 3.8) is 0 Å². The Morgan fingerprint density at radius 1 is 0.842 bits per heavy atom. The maximum absolute atomic E-state index is 13.3. The molecule has 98 valence electrons. The number of ketones is 1. The topological polar surface area (TPSA) is 17.1 Å². The summed E-state index contributed by atoms with van der Waals surface area (Å²) in [7, 11) is 0. The van der Waals surface area contributed by atoms with Gasteiger partial charge in [0.25, 0.3) is 0 Å². The Kier molecular flexibility index (Phi) is 4.00. The molecule has 0 heterocycles. The Balaban J connectivity index is 2.05. The molecule has 0 saturated carbocycles. The molecule has 0 bridgehead atoms. The lowest BCUT2D eigenvalue weighted by Gasteiger charge is -2.03. The lowest BCUT2D eigenvalue weighted by atomic mass is 10.0. The molecule has 1 nitrogen and oxygen atoms in total. The van der Waals surface area contributed by atoms with Crippen molar-refractivity contribution in [2.75, 3.05) is 0 Å². The fraction of sp³-hybridized carbons (Fsp3) is 0.133. The van der Waals surface area contributed by atoms with Gasteiger partial charge in [0, 0.05) is 12.8 Å². The summed E-state index contributed by atoms with van der Waals surface area (Å²) in [4.78, 5) is 11.7. The fourth-order valence-electron chi connectivity index (χ4n) is 1.79. The van der Waals surface area contributed by atoms with E-state index in [1.807, 2.05) is 0 Å². The Morgan fingerprint density at radius 2 is 1.58 bits per heavy atom. The van der Waals surface area contributed by atoms with Crippen LogP contribution in [0.4, 0.5) is 13.2 Å². The lowest BCUT2D eigenvalue weighted by molar-refractivity contribution is -0.117. The molecule has 4 heteroatoms. The van der Waals surface area contributed by atoms with E-state index in [4.69, 9.17) is 0 Å². The summed E-state index contributed by atoms with van der Waals surface area (Å²) >= 11 is 0. The number of carbonyl (C=O) groups is 1. The zero-order chi connectivity index (χ0) is 13.8. The Bertz CT molecular complexity index is 608. The number of rotatable bonds is 4. The molecule has 2 rings (SSSR count). The van der Waals surface area contributed by atoms with Crippen LogP contribution in [-0.2, 0) is 17.6 Å². The molecule has 0 N–H and O–H groups in total. The van der Waals surface area contributed by atoms with Crippen LogP contribution in [-0.4, -0.2) is 5.78 Å². The van der Waals surface area contributed by atoms with Crippen molar-refractivity contribution in [3.05, 3.63) is 71.0 Å². The average Bonchev–Trinajstić information content (AvgIpc) is 2.37. The zero-order valence-electron chi connectivity index (χ0n) is 10.00. The Hall–Kier alpha value is -2.10. The molecule has 0 spiro atoms. The predicted molar refractivity (Wildman–Crippen MR) is 65.2 cm³/mol. The Labute approximate surface area is 108 Å². The summed E-state index contributed by atoms with van der Waals surface area (Å²) in [6, 6.07) is 9.29. The maximum Gasteiger partial charge on any atom is 0.159 e. The summed E-state index contributed by atoms with van der Waals surface area (Å²) in [6.07, 6.45) is -0.114. The Morgan fingerprint density at radius 3 is 2.26 bits per heavy atom. The van der Waals surface area contributed by atoms with Crippen molar-refractivity contribution in [2.24, 2.45) is 0 Å². The zero-order valence-corrected chi connectivity index (χ0v) is 10.00. The minimum absolute atomic E-state index is 0.0501. The number of hydrogen-bond donors (Lipinski definition) is 0. The SMILES string of the molecule is O=C(Cc1ccc(F)c(F)c1)Cc1ccccc1F.